The lowest BCUT2D eigenvalue weighted by atomic mass is 10.1. The van der Waals surface area contributed by atoms with E-state index < -0.39 is 0 Å². The van der Waals surface area contributed by atoms with E-state index in [0.717, 1.165) is 21.7 Å². The van der Waals surface area contributed by atoms with Gasteiger partial charge in [0.1, 0.15) is 0 Å². The minimum absolute atomic E-state index is 0. The molecule has 0 saturated carbocycles. The molecule has 3 aromatic rings. The van der Waals surface area contributed by atoms with Crippen LogP contribution in [0.15, 0.2) is 54.6 Å². The van der Waals surface area contributed by atoms with Gasteiger partial charge < -0.3 is 5.73 Å². The molecular weight excluding hydrogens is 356 g/mol. The first-order chi connectivity index (χ1) is 9.24. The number of rotatable bonds is 2. The van der Waals surface area contributed by atoms with E-state index in [-0.39, 0.29) is 17.0 Å². The van der Waals surface area contributed by atoms with Crippen molar-refractivity contribution in [2.45, 2.75) is 0 Å². The molecule has 0 radical (unpaired) electrons. The molecule has 0 atom stereocenters. The molecule has 0 spiro atoms. The summed E-state index contributed by atoms with van der Waals surface area (Å²) in [7, 11) is 0. The molecular formula is C15H12BrClN2S. The minimum Gasteiger partial charge on any atom is -0.375 e. The smallest absolute Gasteiger partial charge is 0.181 e. The maximum atomic E-state index is 5.92. The van der Waals surface area contributed by atoms with Crippen LogP contribution in [0.1, 0.15) is 0 Å². The molecule has 1 heterocycles. The quantitative estimate of drug-likeness (QED) is 0.668. The van der Waals surface area contributed by atoms with Crippen molar-refractivity contribution in [3.05, 3.63) is 59.6 Å². The number of hydrogen-bond donors (Lipinski definition) is 1. The van der Waals surface area contributed by atoms with Crippen molar-refractivity contribution in [1.82, 2.24) is 4.98 Å². The van der Waals surface area contributed by atoms with Crippen LogP contribution in [0, 0.1) is 0 Å². The maximum Gasteiger partial charge on any atom is 0.181 e. The van der Waals surface area contributed by atoms with Crippen molar-refractivity contribution in [2.75, 3.05) is 5.73 Å². The van der Waals surface area contributed by atoms with E-state index in [9.17, 15) is 0 Å². The van der Waals surface area contributed by atoms with Crippen molar-refractivity contribution in [1.29, 1.82) is 0 Å². The van der Waals surface area contributed by atoms with Crippen LogP contribution in [0.25, 0.3) is 21.7 Å². The van der Waals surface area contributed by atoms with Gasteiger partial charge in [0.25, 0.3) is 0 Å². The summed E-state index contributed by atoms with van der Waals surface area (Å²) >= 11 is 7.42. The lowest BCUT2D eigenvalue weighted by Crippen LogP contribution is -1.84. The fraction of sp³-hybridized carbons (Fsp3) is 0. The Balaban J connectivity index is 0.00000147. The second kappa shape index (κ2) is 6.39. The second-order valence-electron chi connectivity index (χ2n) is 4.10. The molecule has 3 rings (SSSR count). The van der Waals surface area contributed by atoms with Gasteiger partial charge >= 0.3 is 0 Å². The molecule has 0 unspecified atom stereocenters. The Morgan fingerprint density at radius 2 is 1.55 bits per heavy atom. The number of benzene rings is 2. The largest absolute Gasteiger partial charge is 0.375 e. The zero-order valence-corrected chi connectivity index (χ0v) is 13.7. The van der Waals surface area contributed by atoms with Crippen LogP contribution in [0.5, 0.6) is 0 Å². The van der Waals surface area contributed by atoms with Gasteiger partial charge in [0.05, 0.1) is 10.6 Å². The Labute approximate surface area is 137 Å². The number of nitrogen functional groups attached to an aromatic ring is 1. The van der Waals surface area contributed by atoms with Crippen molar-refractivity contribution < 1.29 is 0 Å². The van der Waals surface area contributed by atoms with Crippen LogP contribution in [0.2, 0.25) is 5.02 Å². The highest BCUT2D eigenvalue weighted by atomic mass is 79.9. The average molecular weight is 368 g/mol. The van der Waals surface area contributed by atoms with E-state index in [4.69, 9.17) is 17.3 Å². The molecule has 102 valence electrons. The van der Waals surface area contributed by atoms with Gasteiger partial charge in [-0.1, -0.05) is 65.4 Å². The van der Waals surface area contributed by atoms with Crippen molar-refractivity contribution >= 4 is 45.1 Å². The molecule has 2 N–H and O–H groups in total. The third-order valence-electron chi connectivity index (χ3n) is 2.80. The summed E-state index contributed by atoms with van der Waals surface area (Å²) in [5, 5.41) is 1.29. The monoisotopic (exact) mass is 366 g/mol. The number of nitrogens with two attached hydrogens (primary N) is 1. The molecule has 0 aliphatic carbocycles. The number of hydrogen-bond acceptors (Lipinski definition) is 3. The minimum atomic E-state index is 0. The summed E-state index contributed by atoms with van der Waals surface area (Å²) in [6.07, 6.45) is 0. The predicted octanol–water partition coefficient (Wildman–Crippen LogP) is 5.29. The Hall–Kier alpha value is -1.36. The maximum absolute atomic E-state index is 5.92. The highest BCUT2D eigenvalue weighted by molar-refractivity contribution is 8.93. The summed E-state index contributed by atoms with van der Waals surface area (Å²) in [6, 6.07) is 17.8. The Kier molecular flexibility index (Phi) is 4.81. The van der Waals surface area contributed by atoms with Crippen LogP contribution in [0.3, 0.4) is 0 Å². The van der Waals surface area contributed by atoms with Crippen molar-refractivity contribution in [2.24, 2.45) is 0 Å². The zero-order chi connectivity index (χ0) is 13.2. The Morgan fingerprint density at radius 1 is 0.900 bits per heavy atom. The molecule has 0 bridgehead atoms. The average Bonchev–Trinajstić information content (AvgIpc) is 2.83. The van der Waals surface area contributed by atoms with Crippen LogP contribution < -0.4 is 5.73 Å². The Bertz CT molecular complexity index is 696. The lowest BCUT2D eigenvalue weighted by molar-refractivity contribution is 1.41. The number of thiazole rings is 1. The molecule has 0 fully saturated rings. The van der Waals surface area contributed by atoms with E-state index in [1.54, 1.807) is 0 Å². The SMILES string of the molecule is Br.Nc1nc(-c2ccc(Cl)cc2)c(-c2ccccc2)s1. The fourth-order valence-corrected chi connectivity index (χ4v) is 2.91. The molecule has 2 nitrogen and oxygen atoms in total. The van der Waals surface area contributed by atoms with E-state index in [1.165, 1.54) is 11.3 Å². The van der Waals surface area contributed by atoms with Gasteiger partial charge in [-0.15, -0.1) is 17.0 Å². The molecule has 0 amide bonds. The molecule has 2 aromatic carbocycles. The standard InChI is InChI=1S/C15H11ClN2S.BrH/c16-12-8-6-10(7-9-12)13-14(19-15(17)18-13)11-4-2-1-3-5-11;/h1-9H,(H2,17,18);1H. The number of halogens is 2. The summed E-state index contributed by atoms with van der Waals surface area (Å²) in [4.78, 5) is 5.52. The summed E-state index contributed by atoms with van der Waals surface area (Å²) in [5.41, 5.74) is 8.92. The highest BCUT2D eigenvalue weighted by Crippen LogP contribution is 2.37. The van der Waals surface area contributed by atoms with Crippen LogP contribution in [-0.4, -0.2) is 4.98 Å². The topological polar surface area (TPSA) is 38.9 Å². The number of aromatic nitrogens is 1. The molecule has 5 heteroatoms. The van der Waals surface area contributed by atoms with Gasteiger partial charge in [-0.25, -0.2) is 4.98 Å². The van der Waals surface area contributed by atoms with Gasteiger partial charge in [0, 0.05) is 10.6 Å². The summed E-state index contributed by atoms with van der Waals surface area (Å²) in [6.45, 7) is 0. The first kappa shape index (κ1) is 15.0. The van der Waals surface area contributed by atoms with E-state index in [0.29, 0.717) is 10.2 Å². The first-order valence-electron chi connectivity index (χ1n) is 5.82. The summed E-state index contributed by atoms with van der Waals surface area (Å²) in [5.74, 6) is 0. The van der Waals surface area contributed by atoms with Crippen LogP contribution in [-0.2, 0) is 0 Å². The van der Waals surface area contributed by atoms with Crippen molar-refractivity contribution in [3.63, 3.8) is 0 Å². The number of nitrogens with zero attached hydrogens (tertiary/aromatic N) is 1. The molecule has 20 heavy (non-hydrogen) atoms. The van der Waals surface area contributed by atoms with Gasteiger partial charge in [0.2, 0.25) is 0 Å². The third-order valence-corrected chi connectivity index (χ3v) is 3.98. The van der Waals surface area contributed by atoms with Gasteiger partial charge in [-0.05, 0) is 17.7 Å². The molecule has 0 saturated heterocycles. The zero-order valence-electron chi connectivity index (χ0n) is 10.4. The fourth-order valence-electron chi connectivity index (χ4n) is 1.93. The summed E-state index contributed by atoms with van der Waals surface area (Å²) < 4.78 is 0. The molecule has 0 aliphatic heterocycles. The van der Waals surface area contributed by atoms with E-state index >= 15 is 0 Å². The molecule has 0 aliphatic rings. The second-order valence-corrected chi connectivity index (χ2v) is 5.57. The normalized spacial score (nSPS) is 10.1. The first-order valence-corrected chi connectivity index (χ1v) is 7.01. The van der Waals surface area contributed by atoms with E-state index in [2.05, 4.69) is 17.1 Å². The lowest BCUT2D eigenvalue weighted by Gasteiger charge is -2.02. The predicted molar refractivity (Wildman–Crippen MR) is 92.7 cm³/mol. The van der Waals surface area contributed by atoms with Gasteiger partial charge in [-0.3, -0.25) is 0 Å². The van der Waals surface area contributed by atoms with E-state index in [1.807, 2.05) is 42.5 Å². The highest BCUT2D eigenvalue weighted by Gasteiger charge is 2.13. The number of anilines is 1. The Morgan fingerprint density at radius 3 is 2.20 bits per heavy atom. The molecule has 1 aromatic heterocycles. The van der Waals surface area contributed by atoms with Gasteiger partial charge in [-0.2, -0.15) is 0 Å². The van der Waals surface area contributed by atoms with Crippen LogP contribution in [0.4, 0.5) is 5.13 Å². The van der Waals surface area contributed by atoms with Crippen molar-refractivity contribution in [3.8, 4) is 21.7 Å². The van der Waals surface area contributed by atoms with Gasteiger partial charge in [0.15, 0.2) is 5.13 Å². The third kappa shape index (κ3) is 3.03. The van der Waals surface area contributed by atoms with Crippen LogP contribution >= 0.6 is 39.9 Å².